The summed E-state index contributed by atoms with van der Waals surface area (Å²) in [6, 6.07) is 14.1. The summed E-state index contributed by atoms with van der Waals surface area (Å²) in [6.45, 7) is 3.49. The van der Waals surface area contributed by atoms with Gasteiger partial charge in [-0.05, 0) is 31.9 Å². The lowest BCUT2D eigenvalue weighted by molar-refractivity contribution is 0.0450. The predicted octanol–water partition coefficient (Wildman–Crippen LogP) is 3.06. The molecule has 3 rings (SSSR count). The Labute approximate surface area is 119 Å². The summed E-state index contributed by atoms with van der Waals surface area (Å²) >= 11 is 0. The molecule has 1 atom stereocenters. The van der Waals surface area contributed by atoms with Crippen LogP contribution in [0.4, 0.5) is 5.69 Å². The van der Waals surface area contributed by atoms with Crippen LogP contribution >= 0.6 is 0 Å². The molecule has 0 aromatic heterocycles. The zero-order valence-electron chi connectivity index (χ0n) is 11.6. The first-order valence-electron chi connectivity index (χ1n) is 7.00. The number of hydrogen-bond donors (Lipinski definition) is 1. The molecule has 20 heavy (non-hydrogen) atoms. The summed E-state index contributed by atoms with van der Waals surface area (Å²) in [5.74, 6) is 0. The van der Waals surface area contributed by atoms with Crippen LogP contribution in [0.2, 0.25) is 0 Å². The van der Waals surface area contributed by atoms with Crippen LogP contribution in [0, 0.1) is 11.3 Å². The van der Waals surface area contributed by atoms with Gasteiger partial charge >= 0.3 is 0 Å². The molecule has 0 amide bonds. The van der Waals surface area contributed by atoms with Gasteiger partial charge in [-0.3, -0.25) is 0 Å². The summed E-state index contributed by atoms with van der Waals surface area (Å²) in [5.41, 5.74) is 1.18. The first-order chi connectivity index (χ1) is 9.61. The molecule has 1 unspecified atom stereocenters. The third-order valence-electron chi connectivity index (χ3n) is 4.04. The van der Waals surface area contributed by atoms with Crippen LogP contribution < -0.4 is 4.90 Å². The summed E-state index contributed by atoms with van der Waals surface area (Å²) in [6.07, 6.45) is 1.83. The maximum Gasteiger partial charge on any atom is 0.0998 e. The fraction of sp³-hybridized carbons (Fsp3) is 0.353. The third-order valence-corrected chi connectivity index (χ3v) is 4.04. The molecule has 2 aromatic rings. The third kappa shape index (κ3) is 2.23. The van der Waals surface area contributed by atoms with E-state index >= 15 is 0 Å². The van der Waals surface area contributed by atoms with Crippen LogP contribution in [0.1, 0.15) is 25.3 Å². The van der Waals surface area contributed by atoms with Crippen LogP contribution in [0.5, 0.6) is 0 Å². The zero-order chi connectivity index (χ0) is 14.2. The lowest BCUT2D eigenvalue weighted by Gasteiger charge is -2.38. The number of β-amino-alcohol motifs (C(OH)–C–C–N with tert-alkyl or cyclic N) is 1. The van der Waals surface area contributed by atoms with E-state index in [2.05, 4.69) is 17.0 Å². The van der Waals surface area contributed by atoms with Crippen LogP contribution in [0.15, 0.2) is 36.4 Å². The molecule has 1 saturated heterocycles. The Kier molecular flexibility index (Phi) is 3.11. The topological polar surface area (TPSA) is 47.3 Å². The highest BCUT2D eigenvalue weighted by Gasteiger charge is 2.29. The van der Waals surface area contributed by atoms with Gasteiger partial charge in [-0.15, -0.1) is 0 Å². The molecule has 102 valence electrons. The number of piperidine rings is 1. The highest BCUT2D eigenvalue weighted by molar-refractivity contribution is 5.97. The standard InChI is InChI=1S/C17H18N2O/c1-17(20)9-4-10-19(12-17)16-8-7-13(11-18)14-5-2-3-6-15(14)16/h2-3,5-8,20H,4,9-10,12H2,1H3. The fourth-order valence-corrected chi connectivity index (χ4v) is 3.08. The van der Waals surface area contributed by atoms with Crippen LogP contribution in [-0.2, 0) is 0 Å². The van der Waals surface area contributed by atoms with Gasteiger partial charge < -0.3 is 10.0 Å². The molecule has 0 saturated carbocycles. The van der Waals surface area contributed by atoms with E-state index < -0.39 is 5.60 Å². The van der Waals surface area contributed by atoms with E-state index in [1.807, 2.05) is 37.3 Å². The molecule has 0 spiro atoms. The van der Waals surface area contributed by atoms with Gasteiger partial charge in [0.1, 0.15) is 0 Å². The minimum Gasteiger partial charge on any atom is -0.388 e. The molecular weight excluding hydrogens is 248 g/mol. The van der Waals surface area contributed by atoms with Crippen molar-refractivity contribution in [2.75, 3.05) is 18.0 Å². The molecular formula is C17H18N2O. The van der Waals surface area contributed by atoms with Gasteiger partial charge in [0.25, 0.3) is 0 Å². The summed E-state index contributed by atoms with van der Waals surface area (Å²) in [7, 11) is 0. The number of hydrogen-bond acceptors (Lipinski definition) is 3. The van der Waals surface area contributed by atoms with E-state index in [0.29, 0.717) is 12.1 Å². The molecule has 1 N–H and O–H groups in total. The van der Waals surface area contributed by atoms with E-state index in [4.69, 9.17) is 0 Å². The Morgan fingerprint density at radius 2 is 1.95 bits per heavy atom. The fourth-order valence-electron chi connectivity index (χ4n) is 3.08. The zero-order valence-corrected chi connectivity index (χ0v) is 11.6. The molecule has 3 nitrogen and oxygen atoms in total. The summed E-state index contributed by atoms with van der Waals surface area (Å²) in [5, 5.41) is 21.6. The maximum absolute atomic E-state index is 10.3. The van der Waals surface area contributed by atoms with Crippen molar-refractivity contribution in [3.63, 3.8) is 0 Å². The van der Waals surface area contributed by atoms with Gasteiger partial charge in [0, 0.05) is 29.5 Å². The van der Waals surface area contributed by atoms with Crippen molar-refractivity contribution in [3.05, 3.63) is 42.0 Å². The number of benzene rings is 2. The minimum atomic E-state index is -0.632. The number of anilines is 1. The largest absolute Gasteiger partial charge is 0.388 e. The van der Waals surface area contributed by atoms with Gasteiger partial charge in [-0.1, -0.05) is 24.3 Å². The monoisotopic (exact) mass is 266 g/mol. The number of aliphatic hydroxyl groups is 1. The number of nitriles is 1. The van der Waals surface area contributed by atoms with E-state index in [1.165, 1.54) is 0 Å². The smallest absolute Gasteiger partial charge is 0.0998 e. The molecule has 0 bridgehead atoms. The van der Waals surface area contributed by atoms with Gasteiger partial charge in [-0.2, -0.15) is 5.26 Å². The SMILES string of the molecule is CC1(O)CCCN(c2ccc(C#N)c3ccccc23)C1. The second kappa shape index (κ2) is 4.81. The molecule has 0 aliphatic carbocycles. The summed E-state index contributed by atoms with van der Waals surface area (Å²) < 4.78 is 0. The van der Waals surface area contributed by atoms with Crippen molar-refractivity contribution in [1.29, 1.82) is 5.26 Å². The molecule has 3 heteroatoms. The average molecular weight is 266 g/mol. The quantitative estimate of drug-likeness (QED) is 0.863. The first kappa shape index (κ1) is 13.0. The number of nitrogens with zero attached hydrogens (tertiary/aromatic N) is 2. The van der Waals surface area contributed by atoms with Gasteiger partial charge in [0.05, 0.1) is 17.2 Å². The molecule has 1 aliphatic rings. The van der Waals surface area contributed by atoms with Crippen molar-refractivity contribution >= 4 is 16.5 Å². The first-order valence-corrected chi connectivity index (χ1v) is 7.00. The molecule has 1 aliphatic heterocycles. The number of rotatable bonds is 1. The van der Waals surface area contributed by atoms with Gasteiger partial charge in [0.15, 0.2) is 0 Å². The molecule has 1 heterocycles. The second-order valence-electron chi connectivity index (χ2n) is 5.81. The Balaban J connectivity index is 2.11. The van der Waals surface area contributed by atoms with Crippen LogP contribution in [-0.4, -0.2) is 23.8 Å². The van der Waals surface area contributed by atoms with Crippen molar-refractivity contribution in [1.82, 2.24) is 0 Å². The van der Waals surface area contributed by atoms with Crippen molar-refractivity contribution < 1.29 is 5.11 Å². The Bertz CT molecular complexity index is 685. The minimum absolute atomic E-state index is 0.632. The van der Waals surface area contributed by atoms with Crippen LogP contribution in [0.25, 0.3) is 10.8 Å². The van der Waals surface area contributed by atoms with E-state index in [9.17, 15) is 10.4 Å². The Hall–Kier alpha value is -2.05. The van der Waals surface area contributed by atoms with Crippen molar-refractivity contribution in [3.8, 4) is 6.07 Å². The van der Waals surface area contributed by atoms with Crippen LogP contribution in [0.3, 0.4) is 0 Å². The maximum atomic E-state index is 10.3. The Morgan fingerprint density at radius 1 is 1.20 bits per heavy atom. The normalized spacial score (nSPS) is 22.8. The highest BCUT2D eigenvalue weighted by atomic mass is 16.3. The predicted molar refractivity (Wildman–Crippen MR) is 80.7 cm³/mol. The highest BCUT2D eigenvalue weighted by Crippen LogP contribution is 2.32. The van der Waals surface area contributed by atoms with Crippen molar-refractivity contribution in [2.45, 2.75) is 25.4 Å². The van der Waals surface area contributed by atoms with Crippen molar-refractivity contribution in [2.24, 2.45) is 0 Å². The Morgan fingerprint density at radius 3 is 2.65 bits per heavy atom. The molecule has 1 fully saturated rings. The van der Waals surface area contributed by atoms with Gasteiger partial charge in [0.2, 0.25) is 0 Å². The van der Waals surface area contributed by atoms with E-state index in [1.54, 1.807) is 0 Å². The summed E-state index contributed by atoms with van der Waals surface area (Å²) in [4.78, 5) is 2.23. The average Bonchev–Trinajstić information content (AvgIpc) is 2.45. The van der Waals surface area contributed by atoms with E-state index in [-0.39, 0.29) is 0 Å². The molecule has 0 radical (unpaired) electrons. The lowest BCUT2D eigenvalue weighted by Crippen LogP contribution is -2.46. The van der Waals surface area contributed by atoms with E-state index in [0.717, 1.165) is 35.8 Å². The number of fused-ring (bicyclic) bond motifs is 1. The second-order valence-corrected chi connectivity index (χ2v) is 5.81. The molecule has 2 aromatic carbocycles. The van der Waals surface area contributed by atoms with Gasteiger partial charge in [-0.25, -0.2) is 0 Å². The lowest BCUT2D eigenvalue weighted by atomic mass is 9.93.